The van der Waals surface area contributed by atoms with Crippen molar-refractivity contribution in [2.75, 3.05) is 38.4 Å². The lowest BCUT2D eigenvalue weighted by Crippen LogP contribution is -2.45. The van der Waals surface area contributed by atoms with Crippen molar-refractivity contribution in [2.45, 2.75) is 19.3 Å². The number of hydrogen-bond acceptors (Lipinski definition) is 6. The van der Waals surface area contributed by atoms with Crippen LogP contribution in [0.1, 0.15) is 19.3 Å². The molecule has 0 saturated carbocycles. The van der Waals surface area contributed by atoms with Gasteiger partial charge in [0.2, 0.25) is 18.6 Å². The summed E-state index contributed by atoms with van der Waals surface area (Å²) in [5.41, 5.74) is 0.700. The maximum absolute atomic E-state index is 12.9. The van der Waals surface area contributed by atoms with Gasteiger partial charge in [0.25, 0.3) is 0 Å². The maximum Gasteiger partial charge on any atom is 0.310 e. The monoisotopic (exact) mass is 374 g/mol. The van der Waals surface area contributed by atoms with Gasteiger partial charge in [0, 0.05) is 37.8 Å². The van der Waals surface area contributed by atoms with Gasteiger partial charge in [-0.1, -0.05) is 0 Å². The maximum atomic E-state index is 12.9. The van der Waals surface area contributed by atoms with Crippen molar-refractivity contribution in [3.05, 3.63) is 18.2 Å². The standard InChI is InChI=1S/C19H22N2O6/c1-25-19(24)12-3-2-6-20(9-12)18(23)13-7-17(22)21(10-13)14-4-5-15-16(8-14)27-11-26-15/h4-5,8,12-13H,2-3,6-7,9-11H2,1H3. The molecule has 1 aromatic rings. The lowest BCUT2D eigenvalue weighted by atomic mass is 9.96. The highest BCUT2D eigenvalue weighted by atomic mass is 16.7. The number of methoxy groups -OCH3 is 1. The predicted molar refractivity (Wildman–Crippen MR) is 94.3 cm³/mol. The molecule has 2 saturated heterocycles. The summed E-state index contributed by atoms with van der Waals surface area (Å²) in [5, 5.41) is 0. The minimum absolute atomic E-state index is 0.0693. The van der Waals surface area contributed by atoms with E-state index in [1.165, 1.54) is 7.11 Å². The largest absolute Gasteiger partial charge is 0.469 e. The summed E-state index contributed by atoms with van der Waals surface area (Å²) < 4.78 is 15.5. The molecule has 3 heterocycles. The van der Waals surface area contributed by atoms with E-state index in [1.54, 1.807) is 28.0 Å². The number of piperidine rings is 1. The first-order valence-corrected chi connectivity index (χ1v) is 9.13. The van der Waals surface area contributed by atoms with Crippen LogP contribution in [-0.4, -0.2) is 56.2 Å². The normalized spacial score (nSPS) is 24.3. The highest BCUT2D eigenvalue weighted by molar-refractivity contribution is 6.00. The summed E-state index contributed by atoms with van der Waals surface area (Å²) in [7, 11) is 1.36. The van der Waals surface area contributed by atoms with E-state index in [4.69, 9.17) is 14.2 Å². The number of esters is 1. The number of hydrogen-bond donors (Lipinski definition) is 0. The predicted octanol–water partition coefficient (Wildman–Crippen LogP) is 1.18. The Morgan fingerprint density at radius 2 is 1.96 bits per heavy atom. The SMILES string of the molecule is COC(=O)C1CCCN(C(=O)C2CC(=O)N(c3ccc4c(c3)OCO4)C2)C1. The van der Waals surface area contributed by atoms with Gasteiger partial charge in [-0.15, -0.1) is 0 Å². The van der Waals surface area contributed by atoms with Crippen LogP contribution in [0, 0.1) is 11.8 Å². The molecule has 144 valence electrons. The third-order valence-electron chi connectivity index (χ3n) is 5.41. The van der Waals surface area contributed by atoms with E-state index in [9.17, 15) is 14.4 Å². The number of likely N-dealkylation sites (tertiary alicyclic amines) is 1. The number of carbonyl (C=O) groups is 3. The van der Waals surface area contributed by atoms with E-state index in [2.05, 4.69) is 0 Å². The molecule has 4 rings (SSSR count). The molecule has 2 unspecified atom stereocenters. The van der Waals surface area contributed by atoms with Crippen LogP contribution in [-0.2, 0) is 19.1 Å². The van der Waals surface area contributed by atoms with Gasteiger partial charge in [-0.05, 0) is 25.0 Å². The van der Waals surface area contributed by atoms with Crippen LogP contribution in [0.5, 0.6) is 11.5 Å². The van der Waals surface area contributed by atoms with E-state index >= 15 is 0 Å². The molecule has 0 N–H and O–H groups in total. The van der Waals surface area contributed by atoms with Crippen molar-refractivity contribution in [1.82, 2.24) is 4.90 Å². The van der Waals surface area contributed by atoms with Gasteiger partial charge in [0.05, 0.1) is 18.9 Å². The molecular formula is C19H22N2O6. The van der Waals surface area contributed by atoms with E-state index in [-0.39, 0.29) is 36.9 Å². The first kappa shape index (κ1) is 17.6. The molecule has 27 heavy (non-hydrogen) atoms. The first-order valence-electron chi connectivity index (χ1n) is 9.13. The number of amides is 2. The zero-order valence-electron chi connectivity index (χ0n) is 15.2. The smallest absolute Gasteiger partial charge is 0.310 e. The molecule has 3 aliphatic heterocycles. The molecule has 2 atom stereocenters. The number of ether oxygens (including phenoxy) is 3. The Kier molecular flexibility index (Phi) is 4.63. The molecule has 8 nitrogen and oxygen atoms in total. The number of carbonyl (C=O) groups excluding carboxylic acids is 3. The lowest BCUT2D eigenvalue weighted by Gasteiger charge is -2.33. The van der Waals surface area contributed by atoms with Crippen molar-refractivity contribution < 1.29 is 28.6 Å². The summed E-state index contributed by atoms with van der Waals surface area (Å²) in [6, 6.07) is 5.33. The van der Waals surface area contributed by atoms with Crippen LogP contribution in [0.25, 0.3) is 0 Å². The number of rotatable bonds is 3. The molecular weight excluding hydrogens is 352 g/mol. The van der Waals surface area contributed by atoms with E-state index in [0.717, 1.165) is 12.8 Å². The fourth-order valence-electron chi connectivity index (χ4n) is 3.97. The third-order valence-corrected chi connectivity index (χ3v) is 5.41. The topological polar surface area (TPSA) is 85.4 Å². The molecule has 0 radical (unpaired) electrons. The zero-order valence-corrected chi connectivity index (χ0v) is 15.2. The molecule has 0 spiro atoms. The van der Waals surface area contributed by atoms with Crippen molar-refractivity contribution in [3.63, 3.8) is 0 Å². The van der Waals surface area contributed by atoms with Gasteiger partial charge in [0.1, 0.15) is 0 Å². The van der Waals surface area contributed by atoms with E-state index in [1.807, 2.05) is 0 Å². The molecule has 0 bridgehead atoms. The van der Waals surface area contributed by atoms with Gasteiger partial charge < -0.3 is 24.0 Å². The van der Waals surface area contributed by atoms with Crippen LogP contribution in [0.15, 0.2) is 18.2 Å². The van der Waals surface area contributed by atoms with Crippen LogP contribution >= 0.6 is 0 Å². The van der Waals surface area contributed by atoms with Crippen LogP contribution in [0.4, 0.5) is 5.69 Å². The minimum atomic E-state index is -0.403. The number of anilines is 1. The number of nitrogens with zero attached hydrogens (tertiary/aromatic N) is 2. The van der Waals surface area contributed by atoms with Gasteiger partial charge in [-0.3, -0.25) is 14.4 Å². The van der Waals surface area contributed by atoms with Crippen molar-refractivity contribution in [1.29, 1.82) is 0 Å². The second kappa shape index (κ2) is 7.09. The summed E-state index contributed by atoms with van der Waals surface area (Å²) in [4.78, 5) is 40.5. The van der Waals surface area contributed by atoms with Crippen molar-refractivity contribution >= 4 is 23.5 Å². The molecule has 1 aromatic carbocycles. The number of fused-ring (bicyclic) bond motifs is 1. The Labute approximate surface area is 157 Å². The van der Waals surface area contributed by atoms with E-state index in [0.29, 0.717) is 36.8 Å². The van der Waals surface area contributed by atoms with Gasteiger partial charge >= 0.3 is 5.97 Å². The molecule has 3 aliphatic rings. The van der Waals surface area contributed by atoms with Gasteiger partial charge in [0.15, 0.2) is 11.5 Å². The Morgan fingerprint density at radius 3 is 2.78 bits per heavy atom. The van der Waals surface area contributed by atoms with E-state index < -0.39 is 5.92 Å². The Hall–Kier alpha value is -2.77. The molecule has 2 fully saturated rings. The lowest BCUT2D eigenvalue weighted by molar-refractivity contribution is -0.149. The van der Waals surface area contributed by atoms with Crippen LogP contribution in [0.3, 0.4) is 0 Å². The van der Waals surface area contributed by atoms with Crippen LogP contribution < -0.4 is 14.4 Å². The zero-order chi connectivity index (χ0) is 19.0. The fraction of sp³-hybridized carbons (Fsp3) is 0.526. The molecule has 0 aliphatic carbocycles. The highest BCUT2D eigenvalue weighted by Gasteiger charge is 2.39. The van der Waals surface area contributed by atoms with Gasteiger partial charge in [-0.25, -0.2) is 0 Å². The highest BCUT2D eigenvalue weighted by Crippen LogP contribution is 2.37. The summed E-state index contributed by atoms with van der Waals surface area (Å²) in [6.45, 7) is 1.47. The Bertz CT molecular complexity index is 779. The molecule has 2 amide bonds. The Morgan fingerprint density at radius 1 is 1.15 bits per heavy atom. The minimum Gasteiger partial charge on any atom is -0.469 e. The first-order chi connectivity index (χ1) is 13.1. The number of benzene rings is 1. The summed E-state index contributed by atoms with van der Waals surface area (Å²) in [5.74, 6) is 0.132. The quantitative estimate of drug-likeness (QED) is 0.739. The second-order valence-corrected chi connectivity index (χ2v) is 7.09. The average Bonchev–Trinajstić information content (AvgIpc) is 3.32. The second-order valence-electron chi connectivity index (χ2n) is 7.09. The van der Waals surface area contributed by atoms with Crippen molar-refractivity contribution in [3.8, 4) is 11.5 Å². The van der Waals surface area contributed by atoms with Crippen LogP contribution in [0.2, 0.25) is 0 Å². The average molecular weight is 374 g/mol. The fourth-order valence-corrected chi connectivity index (χ4v) is 3.97. The molecule has 8 heteroatoms. The Balaban J connectivity index is 1.44. The van der Waals surface area contributed by atoms with Gasteiger partial charge in [-0.2, -0.15) is 0 Å². The van der Waals surface area contributed by atoms with Crippen molar-refractivity contribution in [2.24, 2.45) is 11.8 Å². The summed E-state index contributed by atoms with van der Waals surface area (Å²) >= 11 is 0. The summed E-state index contributed by atoms with van der Waals surface area (Å²) in [6.07, 6.45) is 1.66. The molecule has 0 aromatic heterocycles. The third kappa shape index (κ3) is 3.31.